The Labute approximate surface area is 105 Å². The molecule has 0 radical (unpaired) electrons. The Balaban J connectivity index is 1.87. The van der Waals surface area contributed by atoms with Gasteiger partial charge in [0.05, 0.1) is 0 Å². The Hall–Kier alpha value is -0.150. The van der Waals surface area contributed by atoms with Gasteiger partial charge in [0, 0.05) is 12.1 Å². The normalized spacial score (nSPS) is 38.6. The second-order valence-electron chi connectivity index (χ2n) is 6.27. The van der Waals surface area contributed by atoms with E-state index in [0.717, 1.165) is 25.9 Å². The van der Waals surface area contributed by atoms with Gasteiger partial charge in [0.1, 0.15) is 5.67 Å². The van der Waals surface area contributed by atoms with E-state index in [2.05, 4.69) is 17.6 Å². The quantitative estimate of drug-likeness (QED) is 0.795. The van der Waals surface area contributed by atoms with Crippen LogP contribution in [0, 0.1) is 5.92 Å². The smallest absolute Gasteiger partial charge is 0.125 e. The molecule has 2 saturated heterocycles. The lowest BCUT2D eigenvalue weighted by molar-refractivity contribution is 0.0703. The van der Waals surface area contributed by atoms with E-state index in [1.807, 2.05) is 0 Å². The van der Waals surface area contributed by atoms with E-state index in [1.54, 1.807) is 6.92 Å². The Morgan fingerprint density at radius 2 is 2.00 bits per heavy atom. The van der Waals surface area contributed by atoms with Crippen LogP contribution in [0.5, 0.6) is 0 Å². The minimum absolute atomic E-state index is 0.0509. The third-order valence-electron chi connectivity index (χ3n) is 4.45. The first kappa shape index (κ1) is 13.3. The van der Waals surface area contributed by atoms with Crippen molar-refractivity contribution in [1.29, 1.82) is 0 Å². The number of hydrogen-bond acceptors (Lipinski definition) is 2. The fraction of sp³-hybridized carbons (Fsp3) is 1.00. The van der Waals surface area contributed by atoms with Gasteiger partial charge in [-0.05, 0) is 58.0 Å². The lowest BCUT2D eigenvalue weighted by Gasteiger charge is -2.39. The van der Waals surface area contributed by atoms with Crippen molar-refractivity contribution in [2.75, 3.05) is 13.1 Å². The molecular formula is C14H27FN2. The summed E-state index contributed by atoms with van der Waals surface area (Å²) in [6.07, 6.45) is 6.48. The maximum absolute atomic E-state index is 14.8. The summed E-state index contributed by atoms with van der Waals surface area (Å²) in [6.45, 7) is 6.07. The predicted octanol–water partition coefficient (Wildman–Crippen LogP) is 2.63. The van der Waals surface area contributed by atoms with E-state index in [1.165, 1.54) is 19.3 Å². The van der Waals surface area contributed by atoms with Crippen molar-refractivity contribution >= 4 is 0 Å². The van der Waals surface area contributed by atoms with Gasteiger partial charge in [-0.2, -0.15) is 0 Å². The first-order valence-corrected chi connectivity index (χ1v) is 7.23. The third-order valence-corrected chi connectivity index (χ3v) is 4.45. The molecule has 2 nitrogen and oxygen atoms in total. The number of halogens is 1. The molecule has 0 aromatic rings. The molecular weight excluding hydrogens is 215 g/mol. The van der Waals surface area contributed by atoms with Crippen LogP contribution in [0.4, 0.5) is 4.39 Å². The number of nitrogens with one attached hydrogen (secondary N) is 2. The van der Waals surface area contributed by atoms with E-state index in [4.69, 9.17) is 0 Å². The molecule has 2 aliphatic heterocycles. The second-order valence-corrected chi connectivity index (χ2v) is 6.27. The monoisotopic (exact) mass is 242 g/mol. The van der Waals surface area contributed by atoms with Crippen LogP contribution in [0.1, 0.15) is 52.4 Å². The van der Waals surface area contributed by atoms with Crippen molar-refractivity contribution in [3.05, 3.63) is 0 Å². The van der Waals surface area contributed by atoms with Crippen molar-refractivity contribution in [2.24, 2.45) is 5.92 Å². The lowest BCUT2D eigenvalue weighted by Crippen LogP contribution is -2.53. The van der Waals surface area contributed by atoms with Crippen LogP contribution in [0.15, 0.2) is 0 Å². The molecule has 2 aliphatic rings. The fourth-order valence-corrected chi connectivity index (χ4v) is 3.29. The van der Waals surface area contributed by atoms with Crippen LogP contribution < -0.4 is 10.6 Å². The Morgan fingerprint density at radius 1 is 1.18 bits per heavy atom. The molecule has 4 unspecified atom stereocenters. The molecule has 4 atom stereocenters. The van der Waals surface area contributed by atoms with Gasteiger partial charge in [-0.25, -0.2) is 4.39 Å². The Kier molecular flexibility index (Phi) is 4.42. The third kappa shape index (κ3) is 3.65. The van der Waals surface area contributed by atoms with Crippen LogP contribution in [-0.2, 0) is 0 Å². The van der Waals surface area contributed by atoms with Gasteiger partial charge in [-0.3, -0.25) is 0 Å². The Morgan fingerprint density at radius 3 is 2.65 bits per heavy atom. The first-order chi connectivity index (χ1) is 8.08. The van der Waals surface area contributed by atoms with Crippen molar-refractivity contribution in [1.82, 2.24) is 10.6 Å². The minimum atomic E-state index is -1.07. The maximum Gasteiger partial charge on any atom is 0.125 e. The van der Waals surface area contributed by atoms with Crippen LogP contribution >= 0.6 is 0 Å². The minimum Gasteiger partial charge on any atom is -0.314 e. The predicted molar refractivity (Wildman–Crippen MR) is 70.0 cm³/mol. The highest BCUT2D eigenvalue weighted by Gasteiger charge is 2.38. The number of hydrogen-bond donors (Lipinski definition) is 2. The molecule has 2 heterocycles. The average molecular weight is 242 g/mol. The molecule has 0 amide bonds. The molecule has 0 spiro atoms. The topological polar surface area (TPSA) is 24.1 Å². The number of alkyl halides is 1. The molecule has 0 aliphatic carbocycles. The molecule has 2 N–H and O–H groups in total. The van der Waals surface area contributed by atoms with Gasteiger partial charge in [-0.15, -0.1) is 0 Å². The van der Waals surface area contributed by atoms with Gasteiger partial charge in [-0.1, -0.05) is 13.3 Å². The zero-order chi connectivity index (χ0) is 12.3. The summed E-state index contributed by atoms with van der Waals surface area (Å²) >= 11 is 0. The molecule has 2 fully saturated rings. The fourth-order valence-electron chi connectivity index (χ4n) is 3.29. The van der Waals surface area contributed by atoms with Crippen molar-refractivity contribution in [2.45, 2.75) is 70.1 Å². The highest BCUT2D eigenvalue weighted by atomic mass is 19.1. The van der Waals surface area contributed by atoms with E-state index in [-0.39, 0.29) is 6.04 Å². The summed E-state index contributed by atoms with van der Waals surface area (Å²) in [4.78, 5) is 0. The zero-order valence-corrected chi connectivity index (χ0v) is 11.3. The molecule has 0 aromatic carbocycles. The summed E-state index contributed by atoms with van der Waals surface area (Å²) in [5.41, 5.74) is -1.07. The molecule has 0 aromatic heterocycles. The van der Waals surface area contributed by atoms with E-state index >= 15 is 0 Å². The van der Waals surface area contributed by atoms with Gasteiger partial charge >= 0.3 is 0 Å². The summed E-state index contributed by atoms with van der Waals surface area (Å²) in [5, 5.41) is 6.83. The van der Waals surface area contributed by atoms with E-state index in [9.17, 15) is 4.39 Å². The average Bonchev–Trinajstić information content (AvgIpc) is 2.30. The molecule has 2 rings (SSSR count). The largest absolute Gasteiger partial charge is 0.314 e. The highest BCUT2D eigenvalue weighted by Crippen LogP contribution is 2.31. The van der Waals surface area contributed by atoms with Crippen molar-refractivity contribution in [3.63, 3.8) is 0 Å². The lowest BCUT2D eigenvalue weighted by atomic mass is 9.81. The van der Waals surface area contributed by atoms with Gasteiger partial charge in [0.15, 0.2) is 0 Å². The summed E-state index contributed by atoms with van der Waals surface area (Å²) in [6, 6.07) is 0.438. The summed E-state index contributed by atoms with van der Waals surface area (Å²) < 4.78 is 14.8. The molecule has 3 heteroatoms. The second kappa shape index (κ2) is 5.66. The zero-order valence-electron chi connectivity index (χ0n) is 11.3. The molecule has 100 valence electrons. The first-order valence-electron chi connectivity index (χ1n) is 7.23. The van der Waals surface area contributed by atoms with E-state index < -0.39 is 5.67 Å². The van der Waals surface area contributed by atoms with Gasteiger partial charge in [0.25, 0.3) is 0 Å². The van der Waals surface area contributed by atoms with Crippen LogP contribution in [0.2, 0.25) is 0 Å². The SMILES string of the molecule is CC1CCNC(C(C)(F)CC2CCCCN2)C1. The molecule has 0 bridgehead atoms. The van der Waals surface area contributed by atoms with Crippen molar-refractivity contribution in [3.8, 4) is 0 Å². The summed E-state index contributed by atoms with van der Waals surface area (Å²) in [7, 11) is 0. The molecule has 0 saturated carbocycles. The number of piperidine rings is 2. The molecule has 17 heavy (non-hydrogen) atoms. The van der Waals surface area contributed by atoms with Gasteiger partial charge in [0.2, 0.25) is 0 Å². The number of rotatable bonds is 3. The van der Waals surface area contributed by atoms with E-state index in [0.29, 0.717) is 18.4 Å². The van der Waals surface area contributed by atoms with Crippen molar-refractivity contribution < 1.29 is 4.39 Å². The standard InChI is InChI=1S/C14H27FN2/c1-11-6-8-17-13(9-11)14(2,15)10-12-5-3-4-7-16-12/h11-13,16-17H,3-10H2,1-2H3. The maximum atomic E-state index is 14.8. The van der Waals surface area contributed by atoms with Gasteiger partial charge < -0.3 is 10.6 Å². The highest BCUT2D eigenvalue weighted by molar-refractivity contribution is 4.95. The Bertz CT molecular complexity index is 236. The van der Waals surface area contributed by atoms with Crippen LogP contribution in [-0.4, -0.2) is 30.8 Å². The summed E-state index contributed by atoms with van der Waals surface area (Å²) in [5.74, 6) is 0.663. The van der Waals surface area contributed by atoms with Crippen LogP contribution in [0.3, 0.4) is 0 Å². The van der Waals surface area contributed by atoms with Crippen LogP contribution in [0.25, 0.3) is 0 Å².